The van der Waals surface area contributed by atoms with E-state index in [1.54, 1.807) is 37.2 Å². The zero-order valence-electron chi connectivity index (χ0n) is 15.2. The van der Waals surface area contributed by atoms with Crippen molar-refractivity contribution < 1.29 is 13.9 Å². The van der Waals surface area contributed by atoms with Crippen LogP contribution in [0.5, 0.6) is 5.75 Å². The van der Waals surface area contributed by atoms with E-state index in [2.05, 4.69) is 15.6 Å². The third-order valence-electron chi connectivity index (χ3n) is 3.15. The fraction of sp³-hybridized carbons (Fsp3) is 0.529. The fourth-order valence-corrected chi connectivity index (χ4v) is 1.87. The van der Waals surface area contributed by atoms with Gasteiger partial charge in [0.05, 0.1) is 6.54 Å². The topological polar surface area (TPSA) is 66.0 Å². The minimum absolute atomic E-state index is 0. The van der Waals surface area contributed by atoms with Crippen LogP contribution in [0.4, 0.5) is 4.39 Å². The second kappa shape index (κ2) is 12.7. The molecule has 1 aromatic carbocycles. The molecule has 8 heteroatoms. The molecule has 0 spiro atoms. The third kappa shape index (κ3) is 9.47. The van der Waals surface area contributed by atoms with Crippen molar-refractivity contribution in [2.24, 2.45) is 4.99 Å². The molecule has 0 aliphatic carbocycles. The molecule has 0 saturated heterocycles. The molecular weight excluding hydrogens is 438 g/mol. The number of carbonyl (C=O) groups is 1. The highest BCUT2D eigenvalue weighted by molar-refractivity contribution is 14.0. The highest BCUT2D eigenvalue weighted by Gasteiger charge is 2.08. The smallest absolute Gasteiger partial charge is 0.223 e. The second-order valence-electron chi connectivity index (χ2n) is 5.54. The molecule has 1 unspecified atom stereocenters. The van der Waals surface area contributed by atoms with Crippen molar-refractivity contribution in [3.63, 3.8) is 0 Å². The summed E-state index contributed by atoms with van der Waals surface area (Å²) < 4.78 is 19.1. The molecule has 0 bridgehead atoms. The number of nitrogens with one attached hydrogen (secondary N) is 2. The summed E-state index contributed by atoms with van der Waals surface area (Å²) in [5.74, 6) is 0.484. The Balaban J connectivity index is 0.00000576. The average Bonchev–Trinajstić information content (AvgIpc) is 2.54. The molecule has 0 radical (unpaired) electrons. The van der Waals surface area contributed by atoms with E-state index in [9.17, 15) is 9.18 Å². The quantitative estimate of drug-likeness (QED) is 0.351. The van der Waals surface area contributed by atoms with Gasteiger partial charge in [-0.3, -0.25) is 4.79 Å². The van der Waals surface area contributed by atoms with E-state index in [4.69, 9.17) is 4.74 Å². The first-order valence-electron chi connectivity index (χ1n) is 8.07. The predicted molar refractivity (Wildman–Crippen MR) is 109 cm³/mol. The molecule has 0 aromatic heterocycles. The Morgan fingerprint density at radius 1 is 1.32 bits per heavy atom. The SMILES string of the molecule is CCNC(=NCC(C)Oc1ccccc1F)NCCC(=O)N(C)C.I. The van der Waals surface area contributed by atoms with Gasteiger partial charge < -0.3 is 20.3 Å². The highest BCUT2D eigenvalue weighted by atomic mass is 127. The molecule has 0 aliphatic heterocycles. The Morgan fingerprint density at radius 2 is 2.00 bits per heavy atom. The number of rotatable bonds is 8. The maximum Gasteiger partial charge on any atom is 0.223 e. The van der Waals surface area contributed by atoms with Gasteiger partial charge in [-0.25, -0.2) is 9.38 Å². The van der Waals surface area contributed by atoms with Crippen LogP contribution in [0.2, 0.25) is 0 Å². The van der Waals surface area contributed by atoms with E-state index in [1.165, 1.54) is 6.07 Å². The summed E-state index contributed by atoms with van der Waals surface area (Å²) in [6.07, 6.45) is 0.111. The van der Waals surface area contributed by atoms with Crippen LogP contribution in [0, 0.1) is 5.82 Å². The Labute approximate surface area is 166 Å². The Hall–Kier alpha value is -1.58. The molecule has 6 nitrogen and oxygen atoms in total. The number of guanidine groups is 1. The Morgan fingerprint density at radius 3 is 2.60 bits per heavy atom. The van der Waals surface area contributed by atoms with Crippen LogP contribution in [0.25, 0.3) is 0 Å². The van der Waals surface area contributed by atoms with Crippen molar-refractivity contribution in [3.8, 4) is 5.75 Å². The molecule has 0 saturated carbocycles. The van der Waals surface area contributed by atoms with Gasteiger partial charge in [0.1, 0.15) is 6.10 Å². The van der Waals surface area contributed by atoms with Gasteiger partial charge in [-0.05, 0) is 26.0 Å². The van der Waals surface area contributed by atoms with Crippen LogP contribution < -0.4 is 15.4 Å². The first-order chi connectivity index (χ1) is 11.4. The monoisotopic (exact) mass is 466 g/mol. The molecule has 1 amide bonds. The van der Waals surface area contributed by atoms with Crippen LogP contribution in [0.15, 0.2) is 29.3 Å². The lowest BCUT2D eigenvalue weighted by Gasteiger charge is -2.16. The number of aliphatic imine (C=N–C) groups is 1. The van der Waals surface area contributed by atoms with Crippen molar-refractivity contribution in [1.82, 2.24) is 15.5 Å². The largest absolute Gasteiger partial charge is 0.486 e. The number of halogens is 2. The lowest BCUT2D eigenvalue weighted by Crippen LogP contribution is -2.39. The average molecular weight is 466 g/mol. The first kappa shape index (κ1) is 23.4. The molecular formula is C17H28FIN4O2. The van der Waals surface area contributed by atoms with Gasteiger partial charge in [-0.15, -0.1) is 24.0 Å². The zero-order chi connectivity index (χ0) is 17.9. The van der Waals surface area contributed by atoms with Gasteiger partial charge in [0.25, 0.3) is 0 Å². The number of amides is 1. The molecule has 1 aromatic rings. The van der Waals surface area contributed by atoms with Gasteiger partial charge in [0.2, 0.25) is 5.91 Å². The summed E-state index contributed by atoms with van der Waals surface area (Å²) in [5, 5.41) is 6.20. The van der Waals surface area contributed by atoms with Gasteiger partial charge in [-0.2, -0.15) is 0 Å². The van der Waals surface area contributed by atoms with Crippen molar-refractivity contribution in [2.75, 3.05) is 33.7 Å². The number of para-hydroxylation sites is 1. The van der Waals surface area contributed by atoms with E-state index >= 15 is 0 Å². The normalized spacial score (nSPS) is 12.0. The first-order valence-corrected chi connectivity index (χ1v) is 8.07. The summed E-state index contributed by atoms with van der Waals surface area (Å²) in [4.78, 5) is 17.5. The van der Waals surface area contributed by atoms with Crippen molar-refractivity contribution in [1.29, 1.82) is 0 Å². The lowest BCUT2D eigenvalue weighted by molar-refractivity contribution is -0.128. The molecule has 1 atom stereocenters. The maximum atomic E-state index is 13.6. The third-order valence-corrected chi connectivity index (χ3v) is 3.15. The number of hydrogen-bond donors (Lipinski definition) is 2. The predicted octanol–water partition coefficient (Wildman–Crippen LogP) is 2.24. The molecule has 0 aliphatic rings. The minimum Gasteiger partial charge on any atom is -0.486 e. The van der Waals surface area contributed by atoms with Crippen LogP contribution in [0.3, 0.4) is 0 Å². The van der Waals surface area contributed by atoms with E-state index in [0.717, 1.165) is 0 Å². The molecule has 25 heavy (non-hydrogen) atoms. The molecule has 2 N–H and O–H groups in total. The van der Waals surface area contributed by atoms with E-state index in [0.29, 0.717) is 32.0 Å². The molecule has 0 fully saturated rings. The molecule has 1 rings (SSSR count). The number of hydrogen-bond acceptors (Lipinski definition) is 3. The van der Waals surface area contributed by atoms with E-state index < -0.39 is 0 Å². The van der Waals surface area contributed by atoms with Crippen LogP contribution in [-0.2, 0) is 4.79 Å². The van der Waals surface area contributed by atoms with Crippen LogP contribution in [0.1, 0.15) is 20.3 Å². The summed E-state index contributed by atoms with van der Waals surface area (Å²) in [5.41, 5.74) is 0. The van der Waals surface area contributed by atoms with E-state index in [-0.39, 0.29) is 47.6 Å². The van der Waals surface area contributed by atoms with Crippen LogP contribution >= 0.6 is 24.0 Å². The van der Waals surface area contributed by atoms with Crippen molar-refractivity contribution in [2.45, 2.75) is 26.4 Å². The number of carbonyl (C=O) groups excluding carboxylic acids is 1. The number of nitrogens with zero attached hydrogens (tertiary/aromatic N) is 2. The summed E-state index contributed by atoms with van der Waals surface area (Å²) in [6.45, 7) is 5.35. The zero-order valence-corrected chi connectivity index (χ0v) is 17.5. The van der Waals surface area contributed by atoms with E-state index in [1.807, 2.05) is 13.8 Å². The standard InChI is InChI=1S/C17H27FN4O2.HI/c1-5-19-17(20-11-10-16(23)22(3)4)21-12-13(2)24-15-9-7-6-8-14(15)18;/h6-9,13H,5,10-12H2,1-4H3,(H2,19,20,21);1H. The van der Waals surface area contributed by atoms with Gasteiger partial charge in [0.15, 0.2) is 17.5 Å². The van der Waals surface area contributed by atoms with Crippen molar-refractivity contribution >= 4 is 35.8 Å². The van der Waals surface area contributed by atoms with Gasteiger partial charge in [0, 0.05) is 33.6 Å². The minimum atomic E-state index is -0.388. The Kier molecular flexibility index (Phi) is 11.9. The number of ether oxygens (including phenoxy) is 1. The van der Waals surface area contributed by atoms with Gasteiger partial charge in [-0.1, -0.05) is 12.1 Å². The lowest BCUT2D eigenvalue weighted by atomic mass is 10.3. The maximum absolute atomic E-state index is 13.6. The molecule has 0 heterocycles. The molecule has 142 valence electrons. The summed E-state index contributed by atoms with van der Waals surface area (Å²) in [6, 6.07) is 6.29. The van der Waals surface area contributed by atoms with Gasteiger partial charge >= 0.3 is 0 Å². The highest BCUT2D eigenvalue weighted by Crippen LogP contribution is 2.16. The van der Waals surface area contributed by atoms with Crippen LogP contribution in [-0.4, -0.2) is 56.6 Å². The summed E-state index contributed by atoms with van der Waals surface area (Å²) >= 11 is 0. The second-order valence-corrected chi connectivity index (χ2v) is 5.54. The van der Waals surface area contributed by atoms with Crippen molar-refractivity contribution in [3.05, 3.63) is 30.1 Å². The Bertz CT molecular complexity index is 555. The number of benzene rings is 1. The fourth-order valence-electron chi connectivity index (χ4n) is 1.87. The summed E-state index contributed by atoms with van der Waals surface area (Å²) in [7, 11) is 3.45.